The minimum absolute atomic E-state index is 0.0247. The van der Waals surface area contributed by atoms with E-state index in [-0.39, 0.29) is 56.1 Å². The third-order valence-corrected chi connectivity index (χ3v) is 15.2. The quantitative estimate of drug-likeness (QED) is 0.0305. The van der Waals surface area contributed by atoms with Crippen LogP contribution in [0.2, 0.25) is 0 Å². The first-order valence-corrected chi connectivity index (χ1v) is 28.6. The van der Waals surface area contributed by atoms with Crippen molar-refractivity contribution in [2.24, 2.45) is 5.92 Å². The fourth-order valence-corrected chi connectivity index (χ4v) is 10.9. The predicted octanol–water partition coefficient (Wildman–Crippen LogP) is 8.04. The van der Waals surface area contributed by atoms with Crippen LogP contribution in [-0.2, 0) is 46.4 Å². The number of Topliss-reactive ketones (excluding diaryl/α,β-unsaturated/α-hetero) is 1. The Hall–Kier alpha value is -5.07. The Morgan fingerprint density at radius 3 is 2.09 bits per heavy atom. The monoisotopic (exact) mass is 1060 g/mol. The van der Waals surface area contributed by atoms with Gasteiger partial charge in [0.25, 0.3) is 11.8 Å². The standard InChI is InChI=1S/C58H91BF2N8O7/c1-10-12-24-45-40-48(65-51(45)43-52-46(25-13-11-2)41-50(66(52)59(65,60)61)44-26-16-14-17-27-44)31-32-54(71)63-49(29-20-23-39-69(7,8)9)53(70)42-47(28-19-22-38-68(4,5)6)58(75)62-35-37-64(3)36-21-15-18-30-57(74)76-67-55(72)33-34-56(67)73/h14,16-17,26-27,40-41,47,49,51H,10-13,15,18-25,28-39,42-43H2,1-9H3/p+2. The summed E-state index contributed by atoms with van der Waals surface area (Å²) in [5.41, 5.74) is 4.41. The summed E-state index contributed by atoms with van der Waals surface area (Å²) in [5, 5.41) is 6.72. The maximum atomic E-state index is 17.6. The fourth-order valence-electron chi connectivity index (χ4n) is 10.9. The Labute approximate surface area is 453 Å². The number of allylic oxidation sites excluding steroid dienone is 1. The molecule has 18 heteroatoms. The summed E-state index contributed by atoms with van der Waals surface area (Å²) in [7, 11) is 14.7. The van der Waals surface area contributed by atoms with Gasteiger partial charge < -0.3 is 46.9 Å². The number of hydrogen-bond donors (Lipinski definition) is 2. The number of halogens is 2. The van der Waals surface area contributed by atoms with Gasteiger partial charge in [-0.15, -0.1) is 5.06 Å². The van der Waals surface area contributed by atoms with E-state index in [0.717, 1.165) is 110 Å². The molecule has 0 spiro atoms. The van der Waals surface area contributed by atoms with Gasteiger partial charge in [0.2, 0.25) is 11.8 Å². The molecule has 0 saturated carbocycles. The summed E-state index contributed by atoms with van der Waals surface area (Å²) in [4.78, 5) is 85.4. The first-order valence-electron chi connectivity index (χ1n) is 28.6. The number of nitrogens with zero attached hydrogens (tertiary/aromatic N) is 6. The van der Waals surface area contributed by atoms with Gasteiger partial charge in [-0.05, 0) is 119 Å². The second kappa shape index (κ2) is 29.1. The number of hydrogen-bond acceptors (Lipinski definition) is 8. The molecule has 4 amide bonds. The first-order chi connectivity index (χ1) is 36.0. The fraction of sp³-hybridized carbons (Fsp3) is 0.672. The van der Waals surface area contributed by atoms with Gasteiger partial charge in [-0.2, -0.15) is 0 Å². The average Bonchev–Trinajstić information content (AvgIpc) is 4.03. The Balaban J connectivity index is 1.26. The number of carbonyl (C=O) groups excluding carboxylic acids is 6. The van der Waals surface area contributed by atoms with E-state index in [0.29, 0.717) is 73.8 Å². The SMILES string of the molecule is CCCCC1=CC(CCC(=O)NC(CCCC[N+](C)(C)C)C(=O)CC(CCCC[N+](C)(C)C)C(=O)NCCN(C)CCCCCC(=O)ON2C(=O)CCC2=O)=[N+]2C1Cc1c(CCCC)cc(-c3ccccc3)n1[B-]2(F)F. The normalized spacial score (nSPS) is 17.2. The highest BCUT2D eigenvalue weighted by Crippen LogP contribution is 2.41. The average molecular weight is 1060 g/mol. The van der Waals surface area contributed by atoms with Gasteiger partial charge in [-0.1, -0.05) is 63.4 Å². The lowest BCUT2D eigenvalue weighted by atomic mass is 9.83. The lowest BCUT2D eigenvalue weighted by molar-refractivity contribution is -0.870. The van der Waals surface area contributed by atoms with Gasteiger partial charge in [-0.25, -0.2) is 4.79 Å². The number of rotatable bonds is 35. The second-order valence-electron chi connectivity index (χ2n) is 23.8. The third kappa shape index (κ3) is 18.6. The molecule has 0 aliphatic carbocycles. The number of nitrogens with one attached hydrogen (secondary N) is 2. The summed E-state index contributed by atoms with van der Waals surface area (Å²) in [6.45, 7) is 3.40. The Kier molecular flexibility index (Phi) is 23.6. The topological polar surface area (TPSA) is 150 Å². The smallest absolute Gasteiger partial charge is 0.393 e. The Morgan fingerprint density at radius 1 is 0.803 bits per heavy atom. The number of hydroxylamine groups is 2. The van der Waals surface area contributed by atoms with Crippen LogP contribution in [0.5, 0.6) is 0 Å². The molecule has 3 aliphatic rings. The number of fused-ring (bicyclic) bond motifs is 2. The van der Waals surface area contributed by atoms with E-state index >= 15 is 8.63 Å². The number of quaternary nitrogens is 2. The van der Waals surface area contributed by atoms with Gasteiger partial charge in [-0.3, -0.25) is 24.0 Å². The van der Waals surface area contributed by atoms with Crippen LogP contribution in [-0.4, -0.2) is 170 Å². The zero-order chi connectivity index (χ0) is 55.6. The summed E-state index contributed by atoms with van der Waals surface area (Å²) in [5.74, 6) is -2.96. The van der Waals surface area contributed by atoms with Crippen molar-refractivity contribution in [1.82, 2.24) is 25.1 Å². The maximum Gasteiger partial charge on any atom is 0.732 e. The zero-order valence-corrected chi connectivity index (χ0v) is 47.7. The van der Waals surface area contributed by atoms with Crippen LogP contribution in [0.15, 0.2) is 48.0 Å². The van der Waals surface area contributed by atoms with E-state index < -0.39 is 42.8 Å². The van der Waals surface area contributed by atoms with Crippen molar-refractivity contribution < 1.29 is 55.7 Å². The van der Waals surface area contributed by atoms with E-state index in [9.17, 15) is 28.8 Å². The van der Waals surface area contributed by atoms with Crippen molar-refractivity contribution in [1.29, 1.82) is 0 Å². The summed E-state index contributed by atoms with van der Waals surface area (Å²) in [6.07, 6.45) is 13.9. The molecule has 2 N–H and O–H groups in total. The molecular formula is C58H93BF2N8O7+2. The van der Waals surface area contributed by atoms with Gasteiger partial charge in [0.05, 0.1) is 61.4 Å². The van der Waals surface area contributed by atoms with Crippen LogP contribution in [0.3, 0.4) is 0 Å². The molecule has 15 nitrogen and oxygen atoms in total. The Bertz CT molecular complexity index is 2340. The summed E-state index contributed by atoms with van der Waals surface area (Å²) >= 11 is 0. The molecule has 5 rings (SSSR count). The molecule has 422 valence electrons. The number of imide groups is 1. The molecular weight excluding hydrogens is 969 g/mol. The summed E-state index contributed by atoms with van der Waals surface area (Å²) < 4.78 is 39.4. The molecule has 1 aromatic carbocycles. The number of likely N-dealkylation sites (N-methyl/N-ethyl adjacent to an activating group) is 1. The minimum Gasteiger partial charge on any atom is -0.393 e. The third-order valence-electron chi connectivity index (χ3n) is 15.2. The van der Waals surface area contributed by atoms with Crippen molar-refractivity contribution in [2.75, 3.05) is 82.1 Å². The lowest BCUT2D eigenvalue weighted by Gasteiger charge is -2.37. The first kappa shape index (κ1) is 61.8. The molecule has 3 unspecified atom stereocenters. The van der Waals surface area contributed by atoms with Crippen molar-refractivity contribution in [2.45, 2.75) is 167 Å². The second-order valence-corrected chi connectivity index (χ2v) is 23.8. The summed E-state index contributed by atoms with van der Waals surface area (Å²) in [6, 6.07) is 10.1. The molecule has 0 radical (unpaired) electrons. The van der Waals surface area contributed by atoms with Crippen LogP contribution in [0.4, 0.5) is 8.63 Å². The minimum atomic E-state index is -4.29. The van der Waals surface area contributed by atoms with Crippen molar-refractivity contribution in [3.05, 3.63) is 59.3 Å². The van der Waals surface area contributed by atoms with E-state index in [1.54, 1.807) is 0 Å². The number of aromatic nitrogens is 1. The van der Waals surface area contributed by atoms with Crippen molar-refractivity contribution in [3.63, 3.8) is 0 Å². The highest BCUT2D eigenvalue weighted by atomic mass is 19.2. The van der Waals surface area contributed by atoms with Crippen LogP contribution in [0.25, 0.3) is 11.3 Å². The van der Waals surface area contributed by atoms with Gasteiger partial charge in [0, 0.05) is 75.7 Å². The lowest BCUT2D eigenvalue weighted by Crippen LogP contribution is -2.57. The number of benzene rings is 1. The maximum absolute atomic E-state index is 17.6. The van der Waals surface area contributed by atoms with E-state index in [1.807, 2.05) is 49.5 Å². The molecule has 4 heterocycles. The van der Waals surface area contributed by atoms with Crippen molar-refractivity contribution in [3.8, 4) is 11.3 Å². The number of aryl methyl sites for hydroxylation is 1. The number of carbonyl (C=O) groups is 6. The highest BCUT2D eigenvalue weighted by Gasteiger charge is 2.56. The Morgan fingerprint density at radius 2 is 1.45 bits per heavy atom. The van der Waals surface area contributed by atoms with E-state index in [4.69, 9.17) is 4.84 Å². The molecule has 0 bridgehead atoms. The van der Waals surface area contributed by atoms with Crippen LogP contribution < -0.4 is 10.6 Å². The predicted molar refractivity (Wildman–Crippen MR) is 296 cm³/mol. The molecule has 1 aromatic heterocycles. The van der Waals surface area contributed by atoms with Crippen molar-refractivity contribution >= 4 is 48.1 Å². The number of amides is 4. The van der Waals surface area contributed by atoms with E-state index in [1.165, 1.54) is 8.96 Å². The molecule has 3 atom stereocenters. The largest absolute Gasteiger partial charge is 0.732 e. The van der Waals surface area contributed by atoms with Crippen LogP contribution >= 0.6 is 0 Å². The number of ketones is 1. The molecule has 1 fully saturated rings. The van der Waals surface area contributed by atoms with E-state index in [2.05, 4.69) is 71.7 Å². The van der Waals surface area contributed by atoms with Crippen LogP contribution in [0, 0.1) is 5.92 Å². The number of unbranched alkanes of at least 4 members (excludes halogenated alkanes) is 6. The molecule has 1 saturated heterocycles. The van der Waals surface area contributed by atoms with Crippen LogP contribution in [0.1, 0.15) is 154 Å². The molecule has 76 heavy (non-hydrogen) atoms. The van der Waals surface area contributed by atoms with Gasteiger partial charge >= 0.3 is 12.9 Å². The molecule has 2 aromatic rings. The van der Waals surface area contributed by atoms with Gasteiger partial charge in [0.15, 0.2) is 5.78 Å². The molecule has 3 aliphatic heterocycles. The highest BCUT2D eigenvalue weighted by molar-refractivity contribution is 6.58. The van der Waals surface area contributed by atoms with Gasteiger partial charge in [0.1, 0.15) is 11.8 Å². The zero-order valence-electron chi connectivity index (χ0n) is 47.7.